The molecule has 0 bridgehead atoms. The number of hydrogen-bond donors (Lipinski definition) is 1. The highest BCUT2D eigenvalue weighted by molar-refractivity contribution is 14.1. The number of thioether (sulfide) groups is 1. The summed E-state index contributed by atoms with van der Waals surface area (Å²) in [6, 6.07) is 16.1. The van der Waals surface area contributed by atoms with Crippen LogP contribution in [0.25, 0.3) is 0 Å². The summed E-state index contributed by atoms with van der Waals surface area (Å²) in [6.07, 6.45) is 0. The van der Waals surface area contributed by atoms with Crippen LogP contribution >= 0.6 is 50.3 Å². The van der Waals surface area contributed by atoms with Gasteiger partial charge in [-0.05, 0) is 58.8 Å². The van der Waals surface area contributed by atoms with Crippen LogP contribution < -0.4 is 5.43 Å². The minimum atomic E-state index is -0.0908. The summed E-state index contributed by atoms with van der Waals surface area (Å²) >= 11 is 7.33. The van der Waals surface area contributed by atoms with Crippen LogP contribution in [0.4, 0.5) is 0 Å². The molecule has 0 aromatic heterocycles. The smallest absolute Gasteiger partial charge is 0.250 e. The van der Waals surface area contributed by atoms with Crippen molar-refractivity contribution >= 4 is 61.9 Å². The maximum atomic E-state index is 11.9. The Kier molecular flexibility index (Phi) is 7.58. The number of hydrogen-bond acceptors (Lipinski definition) is 3. The molecule has 0 spiro atoms. The highest BCUT2D eigenvalue weighted by Crippen LogP contribution is 2.21. The van der Waals surface area contributed by atoms with Crippen molar-refractivity contribution in [1.82, 2.24) is 5.43 Å². The first-order chi connectivity index (χ1) is 11.1. The zero-order valence-electron chi connectivity index (χ0n) is 12.6. The van der Waals surface area contributed by atoms with Gasteiger partial charge in [0, 0.05) is 13.8 Å². The SMILES string of the molecule is C/C(=N/NC(=O)CSCc1ccccc1Br)c1ccc(I)cc1. The zero-order valence-corrected chi connectivity index (χ0v) is 17.1. The van der Waals surface area contributed by atoms with Gasteiger partial charge in [-0.1, -0.05) is 46.3 Å². The quantitative estimate of drug-likeness (QED) is 0.349. The second-order valence-corrected chi connectivity index (χ2v) is 7.91. The Hall–Kier alpha value is -0.860. The second-order valence-electron chi connectivity index (χ2n) is 4.82. The van der Waals surface area contributed by atoms with Gasteiger partial charge in [0.05, 0.1) is 11.5 Å². The Morgan fingerprint density at radius 1 is 1.22 bits per heavy atom. The summed E-state index contributed by atoms with van der Waals surface area (Å²) in [5, 5.41) is 4.16. The lowest BCUT2D eigenvalue weighted by Crippen LogP contribution is -2.21. The zero-order chi connectivity index (χ0) is 16.7. The average molecular weight is 503 g/mol. The van der Waals surface area contributed by atoms with Gasteiger partial charge in [0.2, 0.25) is 5.91 Å². The molecule has 0 saturated carbocycles. The van der Waals surface area contributed by atoms with E-state index in [2.05, 4.69) is 49.0 Å². The number of benzene rings is 2. The van der Waals surface area contributed by atoms with Crippen LogP contribution in [0.3, 0.4) is 0 Å². The van der Waals surface area contributed by atoms with Gasteiger partial charge in [-0.25, -0.2) is 5.43 Å². The third kappa shape index (κ3) is 6.27. The molecule has 120 valence electrons. The van der Waals surface area contributed by atoms with Crippen molar-refractivity contribution in [3.05, 3.63) is 67.7 Å². The van der Waals surface area contributed by atoms with Crippen LogP contribution in [-0.4, -0.2) is 17.4 Å². The topological polar surface area (TPSA) is 41.5 Å². The highest BCUT2D eigenvalue weighted by Gasteiger charge is 2.04. The summed E-state index contributed by atoms with van der Waals surface area (Å²) < 4.78 is 2.24. The van der Waals surface area contributed by atoms with E-state index >= 15 is 0 Å². The number of rotatable bonds is 6. The lowest BCUT2D eigenvalue weighted by Gasteiger charge is -2.05. The van der Waals surface area contributed by atoms with Gasteiger partial charge in [0.15, 0.2) is 0 Å². The van der Waals surface area contributed by atoms with Crippen LogP contribution in [0.15, 0.2) is 58.1 Å². The van der Waals surface area contributed by atoms with Crippen LogP contribution in [-0.2, 0) is 10.5 Å². The number of amides is 1. The fourth-order valence-electron chi connectivity index (χ4n) is 1.80. The fraction of sp³-hybridized carbons (Fsp3) is 0.176. The van der Waals surface area contributed by atoms with Crippen molar-refractivity contribution in [1.29, 1.82) is 0 Å². The van der Waals surface area contributed by atoms with Gasteiger partial charge in [0.25, 0.3) is 0 Å². The van der Waals surface area contributed by atoms with E-state index in [1.165, 1.54) is 9.13 Å². The molecule has 0 aliphatic rings. The lowest BCUT2D eigenvalue weighted by atomic mass is 10.1. The first kappa shape index (κ1) is 18.5. The van der Waals surface area contributed by atoms with Gasteiger partial charge >= 0.3 is 0 Å². The van der Waals surface area contributed by atoms with Crippen molar-refractivity contribution in [3.63, 3.8) is 0 Å². The van der Waals surface area contributed by atoms with E-state index in [1.54, 1.807) is 11.8 Å². The Morgan fingerprint density at radius 3 is 2.61 bits per heavy atom. The predicted octanol–water partition coefficient (Wildman–Crippen LogP) is 4.83. The first-order valence-electron chi connectivity index (χ1n) is 6.96. The van der Waals surface area contributed by atoms with E-state index in [1.807, 2.05) is 55.5 Å². The Morgan fingerprint density at radius 2 is 1.91 bits per heavy atom. The van der Waals surface area contributed by atoms with E-state index in [4.69, 9.17) is 0 Å². The molecule has 3 nitrogen and oxygen atoms in total. The molecule has 0 fully saturated rings. The first-order valence-corrected chi connectivity index (χ1v) is 9.99. The summed E-state index contributed by atoms with van der Waals surface area (Å²) in [5.74, 6) is 1.08. The number of carbonyl (C=O) groups excluding carboxylic acids is 1. The van der Waals surface area contributed by atoms with Crippen molar-refractivity contribution < 1.29 is 4.79 Å². The molecule has 1 amide bonds. The second kappa shape index (κ2) is 9.44. The minimum Gasteiger partial charge on any atom is -0.272 e. The summed E-state index contributed by atoms with van der Waals surface area (Å²) in [6.45, 7) is 1.89. The minimum absolute atomic E-state index is 0.0908. The molecule has 2 aromatic carbocycles. The van der Waals surface area contributed by atoms with Crippen molar-refractivity contribution in [2.24, 2.45) is 5.10 Å². The molecule has 6 heteroatoms. The Balaban J connectivity index is 1.79. The third-order valence-electron chi connectivity index (χ3n) is 3.06. The molecule has 1 N–H and O–H groups in total. The van der Waals surface area contributed by atoms with Gasteiger partial charge in [-0.15, -0.1) is 11.8 Å². The average Bonchev–Trinajstić information content (AvgIpc) is 2.55. The van der Waals surface area contributed by atoms with E-state index < -0.39 is 0 Å². The third-order valence-corrected chi connectivity index (χ3v) is 5.53. The van der Waals surface area contributed by atoms with Gasteiger partial charge in [-0.3, -0.25) is 4.79 Å². The van der Waals surface area contributed by atoms with E-state index in [0.717, 1.165) is 21.5 Å². The maximum absolute atomic E-state index is 11.9. The number of carbonyl (C=O) groups is 1. The molecular formula is C17H16BrIN2OS. The van der Waals surface area contributed by atoms with Gasteiger partial charge in [-0.2, -0.15) is 5.10 Å². The highest BCUT2D eigenvalue weighted by atomic mass is 127. The maximum Gasteiger partial charge on any atom is 0.250 e. The molecule has 0 radical (unpaired) electrons. The molecule has 0 heterocycles. The van der Waals surface area contributed by atoms with Crippen LogP contribution in [0.1, 0.15) is 18.1 Å². The molecule has 0 atom stereocenters. The Bertz CT molecular complexity index is 704. The monoisotopic (exact) mass is 502 g/mol. The van der Waals surface area contributed by atoms with Crippen molar-refractivity contribution in [2.75, 3.05) is 5.75 Å². The molecule has 0 unspecified atom stereocenters. The summed E-state index contributed by atoms with van der Waals surface area (Å²) in [5.41, 5.74) is 5.60. The van der Waals surface area contributed by atoms with Crippen molar-refractivity contribution in [3.8, 4) is 0 Å². The van der Waals surface area contributed by atoms with Crippen molar-refractivity contribution in [2.45, 2.75) is 12.7 Å². The van der Waals surface area contributed by atoms with Crippen LogP contribution in [0, 0.1) is 3.57 Å². The fourth-order valence-corrected chi connectivity index (χ4v) is 3.60. The molecule has 23 heavy (non-hydrogen) atoms. The van der Waals surface area contributed by atoms with Crippen LogP contribution in [0.5, 0.6) is 0 Å². The molecular weight excluding hydrogens is 487 g/mol. The number of hydrazone groups is 1. The van der Waals surface area contributed by atoms with Crippen LogP contribution in [0.2, 0.25) is 0 Å². The van der Waals surface area contributed by atoms with E-state index in [0.29, 0.717) is 5.75 Å². The van der Waals surface area contributed by atoms with Gasteiger partial charge in [0.1, 0.15) is 0 Å². The van der Waals surface area contributed by atoms with E-state index in [-0.39, 0.29) is 5.91 Å². The van der Waals surface area contributed by atoms with E-state index in [9.17, 15) is 4.79 Å². The lowest BCUT2D eigenvalue weighted by molar-refractivity contribution is -0.118. The number of nitrogens with zero attached hydrogens (tertiary/aromatic N) is 1. The predicted molar refractivity (Wildman–Crippen MR) is 110 cm³/mol. The molecule has 2 rings (SSSR count). The number of halogens is 2. The summed E-state index contributed by atoms with van der Waals surface area (Å²) in [4.78, 5) is 11.9. The normalized spacial score (nSPS) is 11.3. The summed E-state index contributed by atoms with van der Waals surface area (Å²) in [7, 11) is 0. The standard InChI is InChI=1S/C17H16BrIN2OS/c1-12(13-6-8-15(19)9-7-13)20-21-17(22)11-23-10-14-4-2-3-5-16(14)18/h2-9H,10-11H2,1H3,(H,21,22)/b20-12-. The Labute approximate surface area is 162 Å². The van der Waals surface area contributed by atoms with Gasteiger partial charge < -0.3 is 0 Å². The number of nitrogens with one attached hydrogen (secondary N) is 1. The molecule has 0 saturated heterocycles. The molecule has 2 aromatic rings. The molecule has 0 aliphatic heterocycles. The molecule has 0 aliphatic carbocycles. The largest absolute Gasteiger partial charge is 0.272 e.